The summed E-state index contributed by atoms with van der Waals surface area (Å²) in [6.45, 7) is 0. The summed E-state index contributed by atoms with van der Waals surface area (Å²) in [4.78, 5) is 22.0. The van der Waals surface area contributed by atoms with Crippen LogP contribution < -0.4 is 0 Å². The number of phenolic OH excluding ortho intramolecular Hbond substituents is 2. The van der Waals surface area contributed by atoms with Crippen molar-refractivity contribution in [1.82, 2.24) is 0 Å². The molecule has 2 N–H and O–H groups in total. The molecule has 0 bridgehead atoms. The Kier molecular flexibility index (Phi) is 7.84. The average molecular weight is 430 g/mol. The van der Waals surface area contributed by atoms with Gasteiger partial charge in [-0.15, -0.1) is 0 Å². The third-order valence-corrected chi connectivity index (χ3v) is 3.64. The van der Waals surface area contributed by atoms with Crippen molar-refractivity contribution in [2.75, 3.05) is 10.7 Å². The van der Waals surface area contributed by atoms with Gasteiger partial charge < -0.3 is 10.2 Å². The summed E-state index contributed by atoms with van der Waals surface area (Å²) in [5.74, 6) is 0.391. The zero-order chi connectivity index (χ0) is 16.5. The van der Waals surface area contributed by atoms with Crippen molar-refractivity contribution in [3.8, 4) is 11.5 Å². The van der Waals surface area contributed by atoms with E-state index in [1.165, 1.54) is 24.3 Å². The number of Topliss-reactive ketones (excluding diaryl/α,β-unsaturated/α-hetero) is 2. The summed E-state index contributed by atoms with van der Waals surface area (Å²) in [5, 5.41) is 18.4. The van der Waals surface area contributed by atoms with Crippen LogP contribution in [0.4, 0.5) is 0 Å². The summed E-state index contributed by atoms with van der Waals surface area (Å²) in [7, 11) is 0. The Morgan fingerprint density at radius 1 is 0.682 bits per heavy atom. The maximum absolute atomic E-state index is 11.0. The Labute approximate surface area is 145 Å². The van der Waals surface area contributed by atoms with E-state index < -0.39 is 0 Å². The molecule has 116 valence electrons. The van der Waals surface area contributed by atoms with Gasteiger partial charge in [0, 0.05) is 11.1 Å². The van der Waals surface area contributed by atoms with Gasteiger partial charge in [-0.1, -0.05) is 31.9 Å². The molecule has 0 fully saturated rings. The Morgan fingerprint density at radius 2 is 0.955 bits per heavy atom. The summed E-state index contributed by atoms with van der Waals surface area (Å²) in [5.41, 5.74) is 1.22. The monoisotopic (exact) mass is 428 g/mol. The van der Waals surface area contributed by atoms with Crippen molar-refractivity contribution in [3.63, 3.8) is 0 Å². The van der Waals surface area contributed by atoms with Crippen molar-refractivity contribution >= 4 is 43.4 Å². The highest BCUT2D eigenvalue weighted by molar-refractivity contribution is 9.09. The summed E-state index contributed by atoms with van der Waals surface area (Å²) < 4.78 is 0. The molecule has 22 heavy (non-hydrogen) atoms. The van der Waals surface area contributed by atoms with E-state index in [2.05, 4.69) is 31.9 Å². The van der Waals surface area contributed by atoms with Crippen molar-refractivity contribution in [3.05, 3.63) is 59.7 Å². The van der Waals surface area contributed by atoms with Gasteiger partial charge in [-0.05, 0) is 48.5 Å². The number of rotatable bonds is 4. The first-order valence-electron chi connectivity index (χ1n) is 6.24. The lowest BCUT2D eigenvalue weighted by molar-refractivity contribution is 0.101. The lowest BCUT2D eigenvalue weighted by Gasteiger charge is -1.95. The number of phenols is 2. The van der Waals surface area contributed by atoms with Gasteiger partial charge in [0.25, 0.3) is 0 Å². The molecular weight excluding hydrogens is 416 g/mol. The van der Waals surface area contributed by atoms with Crippen LogP contribution in [0.2, 0.25) is 0 Å². The van der Waals surface area contributed by atoms with E-state index in [4.69, 9.17) is 10.2 Å². The fourth-order valence-corrected chi connectivity index (χ4v) is 2.10. The normalized spacial score (nSPS) is 9.55. The molecule has 0 aliphatic rings. The van der Waals surface area contributed by atoms with Gasteiger partial charge in [0.15, 0.2) is 11.6 Å². The Morgan fingerprint density at radius 3 is 1.18 bits per heavy atom. The second-order valence-electron chi connectivity index (χ2n) is 4.21. The number of benzene rings is 2. The highest BCUT2D eigenvalue weighted by Gasteiger charge is 2.02. The van der Waals surface area contributed by atoms with Crippen LogP contribution in [0.25, 0.3) is 0 Å². The molecule has 0 heterocycles. The second-order valence-corrected chi connectivity index (χ2v) is 5.33. The molecule has 0 aliphatic carbocycles. The van der Waals surface area contributed by atoms with Gasteiger partial charge in [0.2, 0.25) is 0 Å². The lowest BCUT2D eigenvalue weighted by Crippen LogP contribution is -1.98. The minimum Gasteiger partial charge on any atom is -0.508 e. The summed E-state index contributed by atoms with van der Waals surface area (Å²) >= 11 is 6.12. The maximum atomic E-state index is 11.0. The molecular formula is C16H14Br2O4. The molecule has 0 radical (unpaired) electrons. The smallest absolute Gasteiger partial charge is 0.173 e. The van der Waals surface area contributed by atoms with E-state index in [0.29, 0.717) is 21.8 Å². The van der Waals surface area contributed by atoms with Gasteiger partial charge in [-0.2, -0.15) is 0 Å². The number of ketones is 2. The van der Waals surface area contributed by atoms with Crippen LogP contribution >= 0.6 is 31.9 Å². The van der Waals surface area contributed by atoms with Crippen LogP contribution in [0.1, 0.15) is 20.7 Å². The quantitative estimate of drug-likeness (QED) is 0.570. The molecule has 0 unspecified atom stereocenters. The highest BCUT2D eigenvalue weighted by atomic mass is 79.9. The number of alkyl halides is 2. The first kappa shape index (κ1) is 18.4. The number of halogens is 2. The molecule has 2 aromatic carbocycles. The number of hydrogen-bond acceptors (Lipinski definition) is 4. The van der Waals surface area contributed by atoms with Crippen LogP contribution in [0.3, 0.4) is 0 Å². The van der Waals surface area contributed by atoms with Crippen LogP contribution in [0.15, 0.2) is 48.5 Å². The fraction of sp³-hybridized carbons (Fsp3) is 0.125. The first-order valence-corrected chi connectivity index (χ1v) is 8.48. The second kappa shape index (κ2) is 9.38. The van der Waals surface area contributed by atoms with E-state index in [1.807, 2.05) is 0 Å². The van der Waals surface area contributed by atoms with Gasteiger partial charge in [-0.3, -0.25) is 9.59 Å². The van der Waals surface area contributed by atoms with Crippen LogP contribution in [0.5, 0.6) is 11.5 Å². The molecule has 0 saturated carbocycles. The van der Waals surface area contributed by atoms with Gasteiger partial charge in [-0.25, -0.2) is 0 Å². The van der Waals surface area contributed by atoms with Crippen molar-refractivity contribution in [1.29, 1.82) is 0 Å². The van der Waals surface area contributed by atoms with Crippen molar-refractivity contribution < 1.29 is 19.8 Å². The van der Waals surface area contributed by atoms with Crippen molar-refractivity contribution in [2.45, 2.75) is 0 Å². The average Bonchev–Trinajstić information content (AvgIpc) is 2.55. The maximum Gasteiger partial charge on any atom is 0.173 e. The zero-order valence-electron chi connectivity index (χ0n) is 11.5. The first-order chi connectivity index (χ1) is 10.5. The Hall–Kier alpha value is -1.66. The number of aromatic hydroxyl groups is 2. The minimum atomic E-state index is 0.0185. The molecule has 0 aliphatic heterocycles. The predicted molar refractivity (Wildman–Crippen MR) is 92.5 cm³/mol. The van der Waals surface area contributed by atoms with Crippen LogP contribution in [-0.4, -0.2) is 32.4 Å². The van der Waals surface area contributed by atoms with Gasteiger partial charge in [0.05, 0.1) is 10.7 Å². The van der Waals surface area contributed by atoms with Crippen LogP contribution in [-0.2, 0) is 0 Å². The molecule has 6 heteroatoms. The predicted octanol–water partition coefficient (Wildman–Crippen LogP) is 3.94. The number of carbonyl (C=O) groups excluding carboxylic acids is 2. The largest absolute Gasteiger partial charge is 0.508 e. The molecule has 0 aromatic heterocycles. The van der Waals surface area contributed by atoms with Gasteiger partial charge >= 0.3 is 0 Å². The summed E-state index contributed by atoms with van der Waals surface area (Å²) in [6, 6.07) is 12.4. The standard InChI is InChI=1S/2C8H7BrO2/c2*9-5-8(11)6-1-3-7(10)4-2-6/h2*1-4,10H,5H2. The molecule has 4 nitrogen and oxygen atoms in total. The highest BCUT2D eigenvalue weighted by Crippen LogP contribution is 2.11. The minimum absolute atomic E-state index is 0.0185. The van der Waals surface area contributed by atoms with E-state index in [9.17, 15) is 9.59 Å². The lowest BCUT2D eigenvalue weighted by atomic mass is 10.1. The third-order valence-electron chi connectivity index (χ3n) is 2.62. The van der Waals surface area contributed by atoms with E-state index in [0.717, 1.165) is 0 Å². The molecule has 2 rings (SSSR count). The van der Waals surface area contributed by atoms with E-state index in [-0.39, 0.29) is 23.1 Å². The zero-order valence-corrected chi connectivity index (χ0v) is 14.7. The van der Waals surface area contributed by atoms with E-state index >= 15 is 0 Å². The van der Waals surface area contributed by atoms with Gasteiger partial charge in [0.1, 0.15) is 11.5 Å². The molecule has 0 spiro atoms. The van der Waals surface area contributed by atoms with E-state index in [1.54, 1.807) is 24.3 Å². The Bertz CT molecular complexity index is 564. The van der Waals surface area contributed by atoms with Crippen LogP contribution in [0, 0.1) is 0 Å². The Balaban J connectivity index is 0.000000220. The topological polar surface area (TPSA) is 74.6 Å². The summed E-state index contributed by atoms with van der Waals surface area (Å²) in [6.07, 6.45) is 0. The fourth-order valence-electron chi connectivity index (χ4n) is 1.45. The third kappa shape index (κ3) is 5.99. The number of hydrogen-bond donors (Lipinski definition) is 2. The SMILES string of the molecule is O=C(CBr)c1ccc(O)cc1.O=C(CBr)c1ccc(O)cc1. The molecule has 2 aromatic rings. The number of carbonyl (C=O) groups is 2. The molecule has 0 amide bonds. The van der Waals surface area contributed by atoms with Crippen molar-refractivity contribution in [2.24, 2.45) is 0 Å². The molecule has 0 saturated heterocycles. The molecule has 0 atom stereocenters.